The zero-order valence-corrected chi connectivity index (χ0v) is 10.4. The molecule has 0 aromatic carbocycles. The Labute approximate surface area is 97.6 Å². The molecule has 0 aromatic rings. The lowest BCUT2D eigenvalue weighted by Crippen LogP contribution is -2.45. The molecule has 3 N–H and O–H groups in total. The molecule has 0 atom stereocenters. The Bertz CT molecular complexity index is 319. The summed E-state index contributed by atoms with van der Waals surface area (Å²) < 4.78 is 28.1. The molecule has 2 rings (SSSR count). The van der Waals surface area contributed by atoms with E-state index >= 15 is 0 Å². The predicted molar refractivity (Wildman–Crippen MR) is 63.0 cm³/mol. The minimum absolute atomic E-state index is 0.201. The zero-order valence-electron chi connectivity index (χ0n) is 9.56. The van der Waals surface area contributed by atoms with E-state index in [1.54, 1.807) is 4.31 Å². The van der Waals surface area contributed by atoms with E-state index in [-0.39, 0.29) is 6.04 Å². The third-order valence-corrected chi connectivity index (χ3v) is 5.06. The molecule has 1 aliphatic carbocycles. The Morgan fingerprint density at radius 1 is 1.19 bits per heavy atom. The van der Waals surface area contributed by atoms with Crippen LogP contribution in [0.4, 0.5) is 0 Å². The van der Waals surface area contributed by atoms with Crippen LogP contribution in [0.3, 0.4) is 0 Å². The fourth-order valence-corrected chi connectivity index (χ4v) is 3.66. The van der Waals surface area contributed by atoms with Crippen LogP contribution >= 0.6 is 0 Å². The van der Waals surface area contributed by atoms with E-state index in [0.717, 1.165) is 32.1 Å². The van der Waals surface area contributed by atoms with Crippen LogP contribution in [0, 0.1) is 5.92 Å². The highest BCUT2D eigenvalue weighted by Gasteiger charge is 2.32. The van der Waals surface area contributed by atoms with Crippen molar-refractivity contribution in [3.63, 3.8) is 0 Å². The van der Waals surface area contributed by atoms with Gasteiger partial charge >= 0.3 is 0 Å². The summed E-state index contributed by atoms with van der Waals surface area (Å²) in [5.74, 6) is 0.609. The number of hydrogen-bond acceptors (Lipinski definition) is 3. The van der Waals surface area contributed by atoms with Gasteiger partial charge in [-0.05, 0) is 44.6 Å². The summed E-state index contributed by atoms with van der Waals surface area (Å²) in [6.07, 6.45) is 4.89. The number of nitrogens with one attached hydrogen (secondary N) is 1. The summed E-state index contributed by atoms with van der Waals surface area (Å²) in [4.78, 5) is 0. The van der Waals surface area contributed by atoms with Crippen LogP contribution < -0.4 is 10.5 Å². The van der Waals surface area contributed by atoms with Crippen molar-refractivity contribution in [1.82, 2.24) is 9.03 Å². The van der Waals surface area contributed by atoms with Crippen LogP contribution in [-0.2, 0) is 10.2 Å². The SMILES string of the molecule is NCCC1CCN(S(=O)(=O)NC2CC2)CC1. The van der Waals surface area contributed by atoms with Crippen LogP contribution in [-0.4, -0.2) is 38.4 Å². The smallest absolute Gasteiger partial charge is 0.279 e. The highest BCUT2D eigenvalue weighted by atomic mass is 32.2. The maximum absolute atomic E-state index is 11.9. The van der Waals surface area contributed by atoms with Crippen molar-refractivity contribution in [2.24, 2.45) is 11.7 Å². The van der Waals surface area contributed by atoms with E-state index in [1.807, 2.05) is 0 Å². The second-order valence-corrected chi connectivity index (χ2v) is 6.52. The van der Waals surface area contributed by atoms with Gasteiger partial charge in [0.25, 0.3) is 10.2 Å². The van der Waals surface area contributed by atoms with Crippen LogP contribution in [0.25, 0.3) is 0 Å². The van der Waals surface area contributed by atoms with Crippen molar-refractivity contribution in [3.8, 4) is 0 Å². The molecule has 0 radical (unpaired) electrons. The van der Waals surface area contributed by atoms with E-state index in [0.29, 0.717) is 25.6 Å². The first-order valence-electron chi connectivity index (χ1n) is 6.09. The van der Waals surface area contributed by atoms with Gasteiger partial charge in [0.15, 0.2) is 0 Å². The summed E-state index contributed by atoms with van der Waals surface area (Å²) in [5, 5.41) is 0. The molecule has 5 nitrogen and oxygen atoms in total. The van der Waals surface area contributed by atoms with E-state index < -0.39 is 10.2 Å². The Hall–Kier alpha value is -0.170. The van der Waals surface area contributed by atoms with Gasteiger partial charge < -0.3 is 5.73 Å². The van der Waals surface area contributed by atoms with E-state index in [9.17, 15) is 8.42 Å². The molecule has 1 aliphatic heterocycles. The number of rotatable bonds is 5. The van der Waals surface area contributed by atoms with Crippen molar-refractivity contribution in [3.05, 3.63) is 0 Å². The van der Waals surface area contributed by atoms with Gasteiger partial charge in [-0.3, -0.25) is 0 Å². The van der Waals surface area contributed by atoms with E-state index in [1.165, 1.54) is 0 Å². The summed E-state index contributed by atoms with van der Waals surface area (Å²) in [6.45, 7) is 2.00. The van der Waals surface area contributed by atoms with Crippen LogP contribution in [0.15, 0.2) is 0 Å². The Balaban J connectivity index is 1.82. The van der Waals surface area contributed by atoms with Crippen molar-refractivity contribution in [2.75, 3.05) is 19.6 Å². The number of nitrogens with zero attached hydrogens (tertiary/aromatic N) is 1. The summed E-state index contributed by atoms with van der Waals surface area (Å²) >= 11 is 0. The molecular formula is C10H21N3O2S. The maximum Gasteiger partial charge on any atom is 0.279 e. The predicted octanol–water partition coefficient (Wildman–Crippen LogP) is 0.0440. The summed E-state index contributed by atoms with van der Waals surface area (Å²) in [5.41, 5.74) is 5.51. The molecule has 1 saturated carbocycles. The van der Waals surface area contributed by atoms with Gasteiger partial charge in [0.05, 0.1) is 0 Å². The standard InChI is InChI=1S/C10H21N3O2S/c11-6-3-9-4-7-13(8-5-9)16(14,15)12-10-1-2-10/h9-10,12H,1-8,11H2. The molecule has 0 unspecified atom stereocenters. The Morgan fingerprint density at radius 3 is 2.31 bits per heavy atom. The molecule has 2 aliphatic rings. The minimum atomic E-state index is -3.21. The van der Waals surface area contributed by atoms with Crippen molar-refractivity contribution < 1.29 is 8.42 Å². The van der Waals surface area contributed by atoms with E-state index in [4.69, 9.17) is 5.73 Å². The lowest BCUT2D eigenvalue weighted by molar-refractivity contribution is 0.263. The van der Waals surface area contributed by atoms with Gasteiger partial charge in [0.1, 0.15) is 0 Å². The molecule has 94 valence electrons. The lowest BCUT2D eigenvalue weighted by atomic mass is 9.95. The van der Waals surface area contributed by atoms with Gasteiger partial charge in [0.2, 0.25) is 0 Å². The average Bonchev–Trinajstić information content (AvgIpc) is 3.02. The van der Waals surface area contributed by atoms with Gasteiger partial charge in [0, 0.05) is 19.1 Å². The lowest BCUT2D eigenvalue weighted by Gasteiger charge is -2.31. The fraction of sp³-hybridized carbons (Fsp3) is 1.00. The molecule has 0 amide bonds. The van der Waals surface area contributed by atoms with Gasteiger partial charge in [-0.1, -0.05) is 0 Å². The van der Waals surface area contributed by atoms with Gasteiger partial charge in [-0.15, -0.1) is 0 Å². The first-order valence-corrected chi connectivity index (χ1v) is 7.53. The first kappa shape index (κ1) is 12.3. The second kappa shape index (κ2) is 5.00. The first-order chi connectivity index (χ1) is 7.62. The number of piperidine rings is 1. The molecular weight excluding hydrogens is 226 g/mol. The Morgan fingerprint density at radius 2 is 1.81 bits per heavy atom. The zero-order chi connectivity index (χ0) is 11.6. The Kier molecular flexibility index (Phi) is 3.84. The third kappa shape index (κ3) is 3.16. The summed E-state index contributed by atoms with van der Waals surface area (Å²) in [7, 11) is -3.21. The molecule has 6 heteroatoms. The summed E-state index contributed by atoms with van der Waals surface area (Å²) in [6, 6.07) is 0.201. The normalized spacial score (nSPS) is 24.8. The maximum atomic E-state index is 11.9. The van der Waals surface area contributed by atoms with E-state index in [2.05, 4.69) is 4.72 Å². The molecule has 2 fully saturated rings. The van der Waals surface area contributed by atoms with Crippen LogP contribution in [0.5, 0.6) is 0 Å². The highest BCUT2D eigenvalue weighted by molar-refractivity contribution is 7.87. The number of hydrogen-bond donors (Lipinski definition) is 2. The molecule has 0 aromatic heterocycles. The second-order valence-electron chi connectivity index (χ2n) is 4.82. The monoisotopic (exact) mass is 247 g/mol. The number of nitrogens with two attached hydrogens (primary N) is 1. The molecule has 0 bridgehead atoms. The van der Waals surface area contributed by atoms with Crippen molar-refractivity contribution in [2.45, 2.75) is 38.1 Å². The quantitative estimate of drug-likeness (QED) is 0.720. The van der Waals surface area contributed by atoms with Crippen LogP contribution in [0.1, 0.15) is 32.1 Å². The largest absolute Gasteiger partial charge is 0.330 e. The van der Waals surface area contributed by atoms with Crippen molar-refractivity contribution in [1.29, 1.82) is 0 Å². The highest BCUT2D eigenvalue weighted by Crippen LogP contribution is 2.24. The average molecular weight is 247 g/mol. The van der Waals surface area contributed by atoms with Crippen LogP contribution in [0.2, 0.25) is 0 Å². The molecule has 1 saturated heterocycles. The topological polar surface area (TPSA) is 75.4 Å². The van der Waals surface area contributed by atoms with Gasteiger partial charge in [-0.25, -0.2) is 0 Å². The van der Waals surface area contributed by atoms with Crippen molar-refractivity contribution >= 4 is 10.2 Å². The molecule has 0 spiro atoms. The minimum Gasteiger partial charge on any atom is -0.330 e. The molecule has 16 heavy (non-hydrogen) atoms. The third-order valence-electron chi connectivity index (χ3n) is 3.38. The van der Waals surface area contributed by atoms with Gasteiger partial charge in [-0.2, -0.15) is 17.4 Å². The fourth-order valence-electron chi connectivity index (χ4n) is 2.16. The molecule has 1 heterocycles.